The molecular weight excluding hydrogens is 685 g/mol. The van der Waals surface area contributed by atoms with Crippen molar-refractivity contribution in [3.63, 3.8) is 0 Å². The smallest absolute Gasteiger partial charge is 0.472 e. The molecule has 0 heterocycles. The Labute approximate surface area is 328 Å². The van der Waals surface area contributed by atoms with Gasteiger partial charge in [0.1, 0.15) is 6.61 Å². The number of hydrogen-bond acceptors (Lipinski definition) is 7. The number of phosphoric ester groups is 1. The summed E-state index contributed by atoms with van der Waals surface area (Å²) in [5.74, 6) is -0.347. The topological polar surface area (TPSA) is 117 Å². The fourth-order valence-corrected chi connectivity index (χ4v) is 7.44. The molecule has 0 aliphatic rings. The monoisotopic (exact) mass is 774 g/mol. The molecule has 0 amide bonds. The summed E-state index contributed by atoms with van der Waals surface area (Å²) in [6, 6.07) is 0. The molecule has 0 aromatic rings. The lowest BCUT2D eigenvalue weighted by Crippen LogP contribution is -2.27. The van der Waals surface area contributed by atoms with E-state index in [0.29, 0.717) is 6.42 Å². The molecule has 0 spiro atoms. The van der Waals surface area contributed by atoms with Crippen molar-refractivity contribution in [1.29, 1.82) is 0 Å². The number of hydrogen-bond donors (Lipinski definition) is 2. The molecule has 0 saturated carbocycles. The van der Waals surface area contributed by atoms with Gasteiger partial charge in [-0.05, 0) is 25.3 Å². The number of unbranched alkanes of at least 4 members (excludes halogenated alkanes) is 31. The normalized spacial score (nSPS) is 13.4. The molecule has 0 aliphatic heterocycles. The molecule has 0 rings (SSSR count). The zero-order chi connectivity index (χ0) is 38.8. The Balaban J connectivity index is 4.01. The van der Waals surface area contributed by atoms with Crippen LogP contribution in [0.2, 0.25) is 0 Å². The lowest BCUT2D eigenvalue weighted by Gasteiger charge is -2.19. The first-order chi connectivity index (χ1) is 25.9. The SMILES string of the molecule is CCCCCCCCCCCCCCCC/C=C\OC[C@H](COP(=O)(O)OCCN)OC(=O)CCCCCCCCCCCCCCCCCCCC. The van der Waals surface area contributed by atoms with E-state index >= 15 is 0 Å². The Kier molecular flexibility index (Phi) is 41.5. The van der Waals surface area contributed by atoms with E-state index in [1.807, 2.05) is 6.08 Å². The summed E-state index contributed by atoms with van der Waals surface area (Å²) in [4.78, 5) is 22.5. The third-order valence-electron chi connectivity index (χ3n) is 10.0. The van der Waals surface area contributed by atoms with Crippen LogP contribution >= 0.6 is 7.82 Å². The van der Waals surface area contributed by atoms with Crippen molar-refractivity contribution in [2.24, 2.45) is 5.73 Å². The Morgan fingerprint density at radius 1 is 0.566 bits per heavy atom. The van der Waals surface area contributed by atoms with Crippen LogP contribution in [-0.2, 0) is 27.9 Å². The molecule has 0 aromatic carbocycles. The van der Waals surface area contributed by atoms with Crippen molar-refractivity contribution in [1.82, 2.24) is 0 Å². The van der Waals surface area contributed by atoms with E-state index in [-0.39, 0.29) is 32.3 Å². The average molecular weight is 774 g/mol. The van der Waals surface area contributed by atoms with Gasteiger partial charge in [-0.15, -0.1) is 0 Å². The van der Waals surface area contributed by atoms with Gasteiger partial charge in [0.05, 0.1) is 19.5 Å². The minimum Gasteiger partial charge on any atom is -0.498 e. The van der Waals surface area contributed by atoms with Gasteiger partial charge in [-0.3, -0.25) is 13.8 Å². The number of carbonyl (C=O) groups excluding carboxylic acids is 1. The van der Waals surface area contributed by atoms with Crippen molar-refractivity contribution in [2.45, 2.75) is 238 Å². The maximum Gasteiger partial charge on any atom is 0.472 e. The Morgan fingerprint density at radius 2 is 0.943 bits per heavy atom. The lowest BCUT2D eigenvalue weighted by molar-refractivity contribution is -0.153. The van der Waals surface area contributed by atoms with Crippen molar-refractivity contribution in [2.75, 3.05) is 26.4 Å². The molecule has 0 saturated heterocycles. The third kappa shape index (κ3) is 42.1. The van der Waals surface area contributed by atoms with Crippen LogP contribution < -0.4 is 5.73 Å². The first kappa shape index (κ1) is 52.1. The van der Waals surface area contributed by atoms with Gasteiger partial charge in [-0.2, -0.15) is 0 Å². The van der Waals surface area contributed by atoms with E-state index in [9.17, 15) is 14.3 Å². The highest BCUT2D eigenvalue weighted by Crippen LogP contribution is 2.43. The molecule has 8 nitrogen and oxygen atoms in total. The van der Waals surface area contributed by atoms with Gasteiger partial charge in [-0.25, -0.2) is 4.57 Å². The van der Waals surface area contributed by atoms with Crippen LogP contribution in [0, 0.1) is 0 Å². The Hall–Kier alpha value is -0.920. The predicted octanol–water partition coefficient (Wildman–Crippen LogP) is 13.8. The largest absolute Gasteiger partial charge is 0.498 e. The summed E-state index contributed by atoms with van der Waals surface area (Å²) in [6.07, 6.45) is 46.1. The number of esters is 1. The van der Waals surface area contributed by atoms with Crippen LogP contribution in [0.1, 0.15) is 232 Å². The molecule has 3 N–H and O–H groups in total. The van der Waals surface area contributed by atoms with Crippen LogP contribution in [0.4, 0.5) is 0 Å². The molecule has 9 heteroatoms. The van der Waals surface area contributed by atoms with Gasteiger partial charge in [-0.1, -0.05) is 206 Å². The Morgan fingerprint density at radius 3 is 1.34 bits per heavy atom. The Bertz CT molecular complexity index is 828. The highest BCUT2D eigenvalue weighted by molar-refractivity contribution is 7.47. The minimum absolute atomic E-state index is 0.0387. The number of allylic oxidation sites excluding steroid dienone is 1. The van der Waals surface area contributed by atoms with Crippen LogP contribution in [0.15, 0.2) is 12.3 Å². The maximum absolute atomic E-state index is 12.6. The van der Waals surface area contributed by atoms with E-state index in [2.05, 4.69) is 13.8 Å². The molecule has 0 radical (unpaired) electrons. The van der Waals surface area contributed by atoms with Crippen molar-refractivity contribution < 1.29 is 32.8 Å². The zero-order valence-electron chi connectivity index (χ0n) is 35.0. The van der Waals surface area contributed by atoms with Gasteiger partial charge in [0.15, 0.2) is 6.10 Å². The summed E-state index contributed by atoms with van der Waals surface area (Å²) in [5, 5.41) is 0. The van der Waals surface area contributed by atoms with Crippen LogP contribution in [0.5, 0.6) is 0 Å². The molecule has 0 fully saturated rings. The number of nitrogens with two attached hydrogens (primary N) is 1. The predicted molar refractivity (Wildman–Crippen MR) is 224 cm³/mol. The minimum atomic E-state index is -4.29. The van der Waals surface area contributed by atoms with E-state index in [1.165, 1.54) is 180 Å². The summed E-state index contributed by atoms with van der Waals surface area (Å²) >= 11 is 0. The molecule has 0 bridgehead atoms. The second-order valence-corrected chi connectivity index (χ2v) is 16.8. The second kappa shape index (κ2) is 42.2. The number of rotatable bonds is 44. The summed E-state index contributed by atoms with van der Waals surface area (Å²) < 4.78 is 33.2. The lowest BCUT2D eigenvalue weighted by atomic mass is 10.0. The van der Waals surface area contributed by atoms with Gasteiger partial charge < -0.3 is 20.1 Å². The fourth-order valence-electron chi connectivity index (χ4n) is 6.67. The van der Waals surface area contributed by atoms with E-state index in [1.54, 1.807) is 6.26 Å². The van der Waals surface area contributed by atoms with Crippen LogP contribution in [0.3, 0.4) is 0 Å². The molecule has 0 aliphatic carbocycles. The average Bonchev–Trinajstić information content (AvgIpc) is 3.15. The molecular formula is C44H88NO7P. The first-order valence-corrected chi connectivity index (χ1v) is 24.2. The highest BCUT2D eigenvalue weighted by Gasteiger charge is 2.25. The highest BCUT2D eigenvalue weighted by atomic mass is 31.2. The maximum atomic E-state index is 12.6. The summed E-state index contributed by atoms with van der Waals surface area (Å²) in [5.41, 5.74) is 5.37. The third-order valence-corrected chi connectivity index (χ3v) is 11.0. The van der Waals surface area contributed by atoms with Gasteiger partial charge >= 0.3 is 13.8 Å². The molecule has 1 unspecified atom stereocenters. The first-order valence-electron chi connectivity index (χ1n) is 22.7. The molecule has 0 aromatic heterocycles. The quantitative estimate of drug-likeness (QED) is 0.0272. The van der Waals surface area contributed by atoms with Gasteiger partial charge in [0.25, 0.3) is 0 Å². The van der Waals surface area contributed by atoms with Crippen LogP contribution in [-0.4, -0.2) is 43.3 Å². The molecule has 316 valence electrons. The van der Waals surface area contributed by atoms with E-state index in [4.69, 9.17) is 24.3 Å². The fraction of sp³-hybridized carbons (Fsp3) is 0.932. The number of phosphoric acid groups is 1. The molecule has 2 atom stereocenters. The standard InChI is InChI=1S/C44H88NO7P/c1-3-5-7-9-11-13-15-17-19-21-22-23-25-27-29-31-33-35-37-44(46)52-43(42-51-53(47,48)50-40-38-45)41-49-39-36-34-32-30-28-26-24-20-18-16-14-12-10-8-6-4-2/h36,39,43H,3-35,37-38,40-42,45H2,1-2H3,(H,47,48)/b39-36-/t43-/m1/s1. The van der Waals surface area contributed by atoms with Gasteiger partial charge in [0, 0.05) is 13.0 Å². The number of ether oxygens (including phenoxy) is 2. The van der Waals surface area contributed by atoms with E-state index in [0.717, 1.165) is 32.1 Å². The van der Waals surface area contributed by atoms with E-state index < -0.39 is 13.9 Å². The zero-order valence-corrected chi connectivity index (χ0v) is 35.9. The summed E-state index contributed by atoms with van der Waals surface area (Å²) in [7, 11) is -4.29. The molecule has 53 heavy (non-hydrogen) atoms. The van der Waals surface area contributed by atoms with Crippen molar-refractivity contribution in [3.8, 4) is 0 Å². The second-order valence-electron chi connectivity index (χ2n) is 15.3. The number of carbonyl (C=O) groups is 1. The van der Waals surface area contributed by atoms with Gasteiger partial charge in [0.2, 0.25) is 0 Å². The van der Waals surface area contributed by atoms with Crippen molar-refractivity contribution in [3.05, 3.63) is 12.3 Å². The van der Waals surface area contributed by atoms with Crippen molar-refractivity contribution >= 4 is 13.8 Å². The summed E-state index contributed by atoms with van der Waals surface area (Å²) in [6.45, 7) is 4.29. The van der Waals surface area contributed by atoms with Crippen LogP contribution in [0.25, 0.3) is 0 Å².